The summed E-state index contributed by atoms with van der Waals surface area (Å²) in [6.07, 6.45) is 1.70. The lowest BCUT2D eigenvalue weighted by molar-refractivity contribution is 0.860. The molecule has 0 amide bonds. The van der Waals surface area contributed by atoms with Crippen molar-refractivity contribution in [2.24, 2.45) is 7.05 Å². The van der Waals surface area contributed by atoms with Crippen LogP contribution in [0, 0.1) is 6.92 Å². The van der Waals surface area contributed by atoms with Crippen LogP contribution in [0.4, 0.5) is 0 Å². The second kappa shape index (κ2) is 3.10. The Kier molecular flexibility index (Phi) is 1.92. The van der Waals surface area contributed by atoms with Gasteiger partial charge in [-0.15, -0.1) is 0 Å². The lowest BCUT2D eigenvalue weighted by atomic mass is 10.2. The van der Waals surface area contributed by atoms with Crippen molar-refractivity contribution in [1.29, 1.82) is 0 Å². The number of rotatable bonds is 1. The topological polar surface area (TPSA) is 63.6 Å². The molecule has 2 aromatic heterocycles. The fraction of sp³-hybridized carbons (Fsp3) is 0.222. The predicted molar refractivity (Wildman–Crippen MR) is 51.8 cm³/mol. The normalized spacial score (nSPS) is 10.4. The van der Waals surface area contributed by atoms with Gasteiger partial charge in [-0.2, -0.15) is 5.10 Å². The van der Waals surface area contributed by atoms with E-state index < -0.39 is 0 Å². The maximum Gasteiger partial charge on any atom is 0.250 e. The Labute approximate surface area is 80.4 Å². The van der Waals surface area contributed by atoms with Crippen LogP contribution in [0.2, 0.25) is 0 Å². The smallest absolute Gasteiger partial charge is 0.250 e. The van der Waals surface area contributed by atoms with Crippen LogP contribution in [0.3, 0.4) is 0 Å². The zero-order valence-corrected chi connectivity index (χ0v) is 7.98. The molecule has 5 heteroatoms. The molecule has 2 heterocycles. The van der Waals surface area contributed by atoms with Crippen LogP contribution in [0.1, 0.15) is 5.82 Å². The average Bonchev–Trinajstić information content (AvgIpc) is 2.57. The summed E-state index contributed by atoms with van der Waals surface area (Å²) < 4.78 is 1.50. The Bertz CT molecular complexity index is 512. The summed E-state index contributed by atoms with van der Waals surface area (Å²) in [6.45, 7) is 1.82. The Morgan fingerprint density at radius 1 is 1.50 bits per heavy atom. The van der Waals surface area contributed by atoms with Gasteiger partial charge in [-0.05, 0) is 13.0 Å². The Morgan fingerprint density at radius 3 is 2.86 bits per heavy atom. The van der Waals surface area contributed by atoms with E-state index in [0.29, 0.717) is 5.82 Å². The van der Waals surface area contributed by atoms with Gasteiger partial charge in [0.2, 0.25) is 0 Å². The van der Waals surface area contributed by atoms with Crippen LogP contribution < -0.4 is 5.56 Å². The molecule has 2 aromatic rings. The van der Waals surface area contributed by atoms with Gasteiger partial charge in [-0.1, -0.05) is 0 Å². The average molecular weight is 190 g/mol. The standard InChI is InChI=1S/C9H10N4O/c1-6-10-9(12-11-6)7-3-4-13(2)8(14)5-7/h3-5H,1-2H3,(H,10,11,12). The summed E-state index contributed by atoms with van der Waals surface area (Å²) in [5.41, 5.74) is 0.669. The number of aromatic nitrogens is 4. The van der Waals surface area contributed by atoms with Gasteiger partial charge in [0.05, 0.1) is 0 Å². The summed E-state index contributed by atoms with van der Waals surface area (Å²) in [5.74, 6) is 1.29. The first kappa shape index (κ1) is 8.68. The minimum atomic E-state index is -0.0649. The number of H-pyrrole nitrogens is 1. The molecule has 0 saturated heterocycles. The SMILES string of the molecule is Cc1nc(-c2ccn(C)c(=O)c2)n[nH]1. The molecule has 0 aliphatic heterocycles. The minimum absolute atomic E-state index is 0.0649. The quantitative estimate of drug-likeness (QED) is 0.711. The number of aromatic amines is 1. The molecule has 0 aliphatic carbocycles. The highest BCUT2D eigenvalue weighted by molar-refractivity contribution is 5.52. The van der Waals surface area contributed by atoms with E-state index in [9.17, 15) is 4.79 Å². The third kappa shape index (κ3) is 1.44. The van der Waals surface area contributed by atoms with Crippen molar-refractivity contribution < 1.29 is 0 Å². The third-order valence-electron chi connectivity index (χ3n) is 1.96. The van der Waals surface area contributed by atoms with Gasteiger partial charge in [-0.3, -0.25) is 9.89 Å². The molecule has 5 nitrogen and oxygen atoms in total. The number of aryl methyl sites for hydroxylation is 2. The van der Waals surface area contributed by atoms with Crippen LogP contribution in [-0.4, -0.2) is 19.7 Å². The maximum atomic E-state index is 11.3. The van der Waals surface area contributed by atoms with Crippen molar-refractivity contribution in [2.75, 3.05) is 0 Å². The van der Waals surface area contributed by atoms with Crippen LogP contribution in [-0.2, 0) is 7.05 Å². The van der Waals surface area contributed by atoms with Gasteiger partial charge >= 0.3 is 0 Å². The monoisotopic (exact) mass is 190 g/mol. The Morgan fingerprint density at radius 2 is 2.29 bits per heavy atom. The molecular weight excluding hydrogens is 180 g/mol. The van der Waals surface area contributed by atoms with Crippen molar-refractivity contribution in [3.05, 3.63) is 34.5 Å². The fourth-order valence-corrected chi connectivity index (χ4v) is 1.16. The van der Waals surface area contributed by atoms with E-state index in [2.05, 4.69) is 15.2 Å². The van der Waals surface area contributed by atoms with Gasteiger partial charge in [0.15, 0.2) is 5.82 Å². The molecule has 1 N–H and O–H groups in total. The lowest BCUT2D eigenvalue weighted by Gasteiger charge is -1.97. The summed E-state index contributed by atoms with van der Waals surface area (Å²) >= 11 is 0. The van der Waals surface area contributed by atoms with Crippen LogP contribution in [0.15, 0.2) is 23.1 Å². The largest absolute Gasteiger partial charge is 0.319 e. The first-order valence-corrected chi connectivity index (χ1v) is 4.23. The van der Waals surface area contributed by atoms with E-state index in [1.54, 1.807) is 13.2 Å². The van der Waals surface area contributed by atoms with E-state index in [4.69, 9.17) is 0 Å². The molecule has 72 valence electrons. The molecule has 0 atom stereocenters. The minimum Gasteiger partial charge on any atom is -0.319 e. The number of pyridine rings is 1. The van der Waals surface area contributed by atoms with Crippen molar-refractivity contribution in [3.63, 3.8) is 0 Å². The molecule has 14 heavy (non-hydrogen) atoms. The first-order chi connectivity index (χ1) is 6.66. The van der Waals surface area contributed by atoms with Crippen molar-refractivity contribution in [1.82, 2.24) is 19.7 Å². The zero-order chi connectivity index (χ0) is 10.1. The molecule has 0 aliphatic rings. The van der Waals surface area contributed by atoms with Gasteiger partial charge in [-0.25, -0.2) is 4.98 Å². The Hall–Kier alpha value is -1.91. The number of hydrogen-bond acceptors (Lipinski definition) is 3. The van der Waals surface area contributed by atoms with E-state index in [1.807, 2.05) is 13.0 Å². The summed E-state index contributed by atoms with van der Waals surface area (Å²) in [5, 5.41) is 6.70. The maximum absolute atomic E-state index is 11.3. The third-order valence-corrected chi connectivity index (χ3v) is 1.96. The number of nitrogens with zero attached hydrogens (tertiary/aromatic N) is 3. The second-order valence-electron chi connectivity index (χ2n) is 3.11. The van der Waals surface area contributed by atoms with Crippen molar-refractivity contribution >= 4 is 0 Å². The van der Waals surface area contributed by atoms with E-state index in [-0.39, 0.29) is 5.56 Å². The van der Waals surface area contributed by atoms with Crippen molar-refractivity contribution in [2.45, 2.75) is 6.92 Å². The Balaban J connectivity index is 2.53. The van der Waals surface area contributed by atoms with Crippen LogP contribution >= 0.6 is 0 Å². The van der Waals surface area contributed by atoms with Crippen LogP contribution in [0.25, 0.3) is 11.4 Å². The fourth-order valence-electron chi connectivity index (χ4n) is 1.16. The molecule has 2 rings (SSSR count). The summed E-state index contributed by atoms with van der Waals surface area (Å²) in [6, 6.07) is 3.33. The highest BCUT2D eigenvalue weighted by Gasteiger charge is 2.03. The van der Waals surface area contributed by atoms with Crippen molar-refractivity contribution in [3.8, 4) is 11.4 Å². The molecule has 0 bridgehead atoms. The molecular formula is C9H10N4O. The zero-order valence-electron chi connectivity index (χ0n) is 7.98. The van der Waals surface area contributed by atoms with Gasteiger partial charge in [0.25, 0.3) is 5.56 Å². The molecule has 0 fully saturated rings. The van der Waals surface area contributed by atoms with Gasteiger partial charge in [0, 0.05) is 24.9 Å². The highest BCUT2D eigenvalue weighted by atomic mass is 16.1. The van der Waals surface area contributed by atoms with E-state index >= 15 is 0 Å². The molecule has 0 aromatic carbocycles. The van der Waals surface area contributed by atoms with Gasteiger partial charge in [0.1, 0.15) is 5.82 Å². The van der Waals surface area contributed by atoms with E-state index in [0.717, 1.165) is 11.4 Å². The predicted octanol–water partition coefficient (Wildman–Crippen LogP) is 0.479. The molecule has 0 saturated carbocycles. The van der Waals surface area contributed by atoms with Crippen LogP contribution in [0.5, 0.6) is 0 Å². The van der Waals surface area contributed by atoms with E-state index in [1.165, 1.54) is 10.6 Å². The molecule has 0 radical (unpaired) electrons. The summed E-state index contributed by atoms with van der Waals surface area (Å²) in [7, 11) is 1.70. The molecule has 0 spiro atoms. The van der Waals surface area contributed by atoms with Gasteiger partial charge < -0.3 is 4.57 Å². The number of nitrogens with one attached hydrogen (secondary N) is 1. The number of hydrogen-bond donors (Lipinski definition) is 1. The highest BCUT2D eigenvalue weighted by Crippen LogP contribution is 2.10. The molecule has 0 unspecified atom stereocenters. The summed E-state index contributed by atoms with van der Waals surface area (Å²) in [4.78, 5) is 15.5. The first-order valence-electron chi connectivity index (χ1n) is 4.23. The second-order valence-corrected chi connectivity index (χ2v) is 3.11. The lowest BCUT2D eigenvalue weighted by Crippen LogP contribution is -2.14.